The molecule has 0 amide bonds. The van der Waals surface area contributed by atoms with Gasteiger partial charge in [-0.05, 0) is 18.6 Å². The first-order valence-corrected chi connectivity index (χ1v) is 3.99. The predicted octanol–water partition coefficient (Wildman–Crippen LogP) is 2.98. The molecule has 0 fully saturated rings. The Hall–Kier alpha value is -1.15. The summed E-state index contributed by atoms with van der Waals surface area (Å²) in [7, 11) is 0. The summed E-state index contributed by atoms with van der Waals surface area (Å²) in [6.45, 7) is 1.97. The van der Waals surface area contributed by atoms with Gasteiger partial charge in [0.2, 0.25) is 0 Å². The molecule has 0 aliphatic carbocycles. The Labute approximate surface area is 74.9 Å². The van der Waals surface area contributed by atoms with Gasteiger partial charge in [-0.2, -0.15) is 0 Å². The molecule has 2 aromatic rings. The lowest BCUT2D eigenvalue weighted by molar-refractivity contribution is 0.613. The lowest BCUT2D eigenvalue weighted by atomic mass is 10.2. The second kappa shape index (κ2) is 2.42. The maximum Gasteiger partial charge on any atom is 0.136 e. The van der Waals surface area contributed by atoms with Crippen LogP contribution in [-0.4, -0.2) is 0 Å². The monoisotopic (exact) mass is 181 g/mol. The van der Waals surface area contributed by atoms with Crippen LogP contribution >= 0.6 is 11.6 Å². The molecule has 0 unspecified atom stereocenters. The number of fused-ring (bicyclic) bond motifs is 1. The quantitative estimate of drug-likeness (QED) is 0.635. The van der Waals surface area contributed by atoms with E-state index >= 15 is 0 Å². The molecule has 2 N–H and O–H groups in total. The number of furan rings is 1. The smallest absolute Gasteiger partial charge is 0.136 e. The summed E-state index contributed by atoms with van der Waals surface area (Å²) in [5.41, 5.74) is 8.02. The molecule has 0 saturated carbocycles. The summed E-state index contributed by atoms with van der Waals surface area (Å²) in [4.78, 5) is 0. The van der Waals surface area contributed by atoms with Gasteiger partial charge < -0.3 is 10.2 Å². The van der Waals surface area contributed by atoms with Gasteiger partial charge in [-0.1, -0.05) is 11.6 Å². The Bertz CT molecular complexity index is 433. The highest BCUT2D eigenvalue weighted by molar-refractivity contribution is 6.33. The second-order valence-electron chi connectivity index (χ2n) is 2.79. The third-order valence-corrected chi connectivity index (χ3v) is 2.21. The van der Waals surface area contributed by atoms with Crippen molar-refractivity contribution in [2.24, 2.45) is 0 Å². The molecule has 0 spiro atoms. The van der Waals surface area contributed by atoms with E-state index in [9.17, 15) is 0 Å². The molecule has 1 aromatic carbocycles. The van der Waals surface area contributed by atoms with Crippen LogP contribution in [0.25, 0.3) is 11.0 Å². The number of anilines is 1. The van der Waals surface area contributed by atoms with Crippen molar-refractivity contribution in [1.82, 2.24) is 0 Å². The van der Waals surface area contributed by atoms with Crippen LogP contribution in [0.3, 0.4) is 0 Å². The standard InChI is InChI=1S/C9H8ClNO/c1-5-4-12-9-3-8(11)7(10)2-6(5)9/h2-4H,11H2,1H3. The molecule has 62 valence electrons. The molecule has 3 heteroatoms. The van der Waals surface area contributed by atoms with Crippen molar-refractivity contribution in [1.29, 1.82) is 0 Å². The zero-order valence-corrected chi connectivity index (χ0v) is 7.35. The van der Waals surface area contributed by atoms with Crippen molar-refractivity contribution in [3.63, 3.8) is 0 Å². The molecule has 2 nitrogen and oxygen atoms in total. The molecule has 1 heterocycles. The maximum absolute atomic E-state index is 5.85. The summed E-state index contributed by atoms with van der Waals surface area (Å²) in [6, 6.07) is 3.57. The summed E-state index contributed by atoms with van der Waals surface area (Å²) < 4.78 is 5.25. The average Bonchev–Trinajstić information content (AvgIpc) is 2.35. The van der Waals surface area contributed by atoms with Crippen molar-refractivity contribution in [3.8, 4) is 0 Å². The zero-order valence-electron chi connectivity index (χ0n) is 6.60. The van der Waals surface area contributed by atoms with E-state index < -0.39 is 0 Å². The van der Waals surface area contributed by atoms with Crippen molar-refractivity contribution in [2.45, 2.75) is 6.92 Å². The lowest BCUT2D eigenvalue weighted by Gasteiger charge is -1.96. The van der Waals surface area contributed by atoms with Gasteiger partial charge in [0.05, 0.1) is 17.0 Å². The number of halogens is 1. The molecule has 0 aliphatic rings. The van der Waals surface area contributed by atoms with Gasteiger partial charge in [-0.3, -0.25) is 0 Å². The summed E-state index contributed by atoms with van der Waals surface area (Å²) in [6.07, 6.45) is 1.69. The Morgan fingerprint density at radius 2 is 2.17 bits per heavy atom. The minimum absolute atomic E-state index is 0.554. The minimum atomic E-state index is 0.554. The topological polar surface area (TPSA) is 39.2 Å². The molecule has 0 aliphatic heterocycles. The molecule has 1 aromatic heterocycles. The van der Waals surface area contributed by atoms with E-state index in [1.807, 2.05) is 13.0 Å². The normalized spacial score (nSPS) is 10.8. The van der Waals surface area contributed by atoms with E-state index in [0.29, 0.717) is 10.7 Å². The van der Waals surface area contributed by atoms with Gasteiger partial charge in [0.25, 0.3) is 0 Å². The lowest BCUT2D eigenvalue weighted by Crippen LogP contribution is -1.84. The molecule has 2 rings (SSSR count). The molecule has 12 heavy (non-hydrogen) atoms. The first-order valence-electron chi connectivity index (χ1n) is 3.61. The van der Waals surface area contributed by atoms with Gasteiger partial charge in [-0.15, -0.1) is 0 Å². The first-order chi connectivity index (χ1) is 5.68. The van der Waals surface area contributed by atoms with Crippen LogP contribution in [0.4, 0.5) is 5.69 Å². The fraction of sp³-hybridized carbons (Fsp3) is 0.111. The van der Waals surface area contributed by atoms with Gasteiger partial charge in [0.15, 0.2) is 0 Å². The molecule has 0 radical (unpaired) electrons. The summed E-state index contributed by atoms with van der Waals surface area (Å²) in [5.74, 6) is 0. The van der Waals surface area contributed by atoms with Gasteiger partial charge in [-0.25, -0.2) is 0 Å². The molecule has 0 saturated heterocycles. The van der Waals surface area contributed by atoms with Crippen molar-refractivity contribution >= 4 is 28.3 Å². The van der Waals surface area contributed by atoms with E-state index in [0.717, 1.165) is 16.5 Å². The summed E-state index contributed by atoms with van der Waals surface area (Å²) in [5, 5.41) is 1.60. The Morgan fingerprint density at radius 1 is 1.42 bits per heavy atom. The SMILES string of the molecule is Cc1coc2cc(N)c(Cl)cc12. The fourth-order valence-corrected chi connectivity index (χ4v) is 1.35. The van der Waals surface area contributed by atoms with E-state index in [-0.39, 0.29) is 0 Å². The maximum atomic E-state index is 5.85. The van der Waals surface area contributed by atoms with Crippen molar-refractivity contribution in [3.05, 3.63) is 29.0 Å². The zero-order chi connectivity index (χ0) is 8.72. The van der Waals surface area contributed by atoms with E-state index in [1.165, 1.54) is 0 Å². The van der Waals surface area contributed by atoms with E-state index in [4.69, 9.17) is 21.8 Å². The highest BCUT2D eigenvalue weighted by Gasteiger charge is 2.04. The van der Waals surface area contributed by atoms with Gasteiger partial charge in [0.1, 0.15) is 5.58 Å². The highest BCUT2D eigenvalue weighted by Crippen LogP contribution is 2.28. The van der Waals surface area contributed by atoms with Crippen LogP contribution < -0.4 is 5.73 Å². The second-order valence-corrected chi connectivity index (χ2v) is 3.20. The third kappa shape index (κ3) is 0.959. The predicted molar refractivity (Wildman–Crippen MR) is 50.4 cm³/mol. The Balaban J connectivity index is 2.87. The fourth-order valence-electron chi connectivity index (χ4n) is 1.19. The summed E-state index contributed by atoms with van der Waals surface area (Å²) >= 11 is 5.85. The van der Waals surface area contributed by atoms with Crippen LogP contribution in [0.15, 0.2) is 22.8 Å². The number of hydrogen-bond acceptors (Lipinski definition) is 2. The average molecular weight is 182 g/mol. The number of nitrogen functional groups attached to an aromatic ring is 1. The number of hydrogen-bond donors (Lipinski definition) is 1. The molecular weight excluding hydrogens is 174 g/mol. The van der Waals surface area contributed by atoms with E-state index in [2.05, 4.69) is 0 Å². The van der Waals surface area contributed by atoms with Crippen molar-refractivity contribution in [2.75, 3.05) is 5.73 Å². The van der Waals surface area contributed by atoms with Crippen LogP contribution in [0.2, 0.25) is 5.02 Å². The van der Waals surface area contributed by atoms with Crippen LogP contribution in [-0.2, 0) is 0 Å². The first kappa shape index (κ1) is 7.50. The Morgan fingerprint density at radius 3 is 2.92 bits per heavy atom. The third-order valence-electron chi connectivity index (χ3n) is 1.89. The molecule has 0 bridgehead atoms. The van der Waals surface area contributed by atoms with Crippen LogP contribution in [0.5, 0.6) is 0 Å². The molecule has 0 atom stereocenters. The number of rotatable bonds is 0. The van der Waals surface area contributed by atoms with Crippen molar-refractivity contribution < 1.29 is 4.42 Å². The largest absolute Gasteiger partial charge is 0.464 e. The van der Waals surface area contributed by atoms with Gasteiger partial charge in [0, 0.05) is 11.5 Å². The Kier molecular flexibility index (Phi) is 1.51. The number of benzene rings is 1. The van der Waals surface area contributed by atoms with Gasteiger partial charge >= 0.3 is 0 Å². The van der Waals surface area contributed by atoms with Crippen LogP contribution in [0.1, 0.15) is 5.56 Å². The molecular formula is C9H8ClNO. The van der Waals surface area contributed by atoms with E-state index in [1.54, 1.807) is 12.3 Å². The minimum Gasteiger partial charge on any atom is -0.464 e. The number of aryl methyl sites for hydroxylation is 1. The van der Waals surface area contributed by atoms with Crippen LogP contribution in [0, 0.1) is 6.92 Å². The highest BCUT2D eigenvalue weighted by atomic mass is 35.5. The number of nitrogens with two attached hydrogens (primary N) is 1.